The van der Waals surface area contributed by atoms with Crippen LogP contribution in [0.3, 0.4) is 0 Å². The largest absolute Gasteiger partial charge is 0.325 e. The number of para-hydroxylation sites is 1. The van der Waals surface area contributed by atoms with Crippen LogP contribution in [0.2, 0.25) is 0 Å². The Balaban J connectivity index is 1.62. The number of carbonyl (C=O) groups is 1. The molecule has 0 atom stereocenters. The summed E-state index contributed by atoms with van der Waals surface area (Å²) < 4.78 is 3.27. The maximum Gasteiger partial charge on any atom is 0.252 e. The zero-order chi connectivity index (χ0) is 25.2. The smallest absolute Gasteiger partial charge is 0.252 e. The molecule has 2 aromatic heterocycles. The first-order valence-electron chi connectivity index (χ1n) is 12.1. The van der Waals surface area contributed by atoms with Crippen molar-refractivity contribution in [2.75, 3.05) is 5.32 Å². The summed E-state index contributed by atoms with van der Waals surface area (Å²) in [4.78, 5) is 26.3. The molecule has 0 aliphatic heterocycles. The molecule has 0 bridgehead atoms. The summed E-state index contributed by atoms with van der Waals surface area (Å²) >= 11 is 0. The summed E-state index contributed by atoms with van der Waals surface area (Å²) in [5.41, 5.74) is 5.58. The standard InChI is InChI=1S/C30H28N4O2/c1-20(2)22-14-16-24(17-15-22)31-26(35)19-33-27(36)18-21(3)28-29(23-10-6-4-7-11-23)32-34(30(28)33)25-12-8-5-9-13-25/h4-18,20H,19H2,1-3H3,(H,31,35). The van der Waals surface area contributed by atoms with E-state index in [-0.39, 0.29) is 18.0 Å². The van der Waals surface area contributed by atoms with Crippen LogP contribution < -0.4 is 10.9 Å². The average molecular weight is 477 g/mol. The molecular formula is C30H28N4O2. The average Bonchev–Trinajstić information content (AvgIpc) is 3.29. The molecule has 6 heteroatoms. The highest BCUT2D eigenvalue weighted by molar-refractivity contribution is 5.96. The van der Waals surface area contributed by atoms with Gasteiger partial charge in [0.1, 0.15) is 17.9 Å². The van der Waals surface area contributed by atoms with Crippen LogP contribution in [0.5, 0.6) is 0 Å². The van der Waals surface area contributed by atoms with Gasteiger partial charge in [-0.25, -0.2) is 4.68 Å². The van der Waals surface area contributed by atoms with E-state index in [4.69, 9.17) is 5.10 Å². The second-order valence-electron chi connectivity index (χ2n) is 9.24. The fourth-order valence-electron chi connectivity index (χ4n) is 4.46. The van der Waals surface area contributed by atoms with E-state index in [1.54, 1.807) is 10.7 Å². The molecule has 2 heterocycles. The van der Waals surface area contributed by atoms with Gasteiger partial charge in [-0.1, -0.05) is 74.5 Å². The Labute approximate surface area is 209 Å². The summed E-state index contributed by atoms with van der Waals surface area (Å²) in [6.07, 6.45) is 0. The molecule has 0 spiro atoms. The van der Waals surface area contributed by atoms with Gasteiger partial charge in [-0.2, -0.15) is 5.10 Å². The summed E-state index contributed by atoms with van der Waals surface area (Å²) in [7, 11) is 0. The van der Waals surface area contributed by atoms with E-state index < -0.39 is 0 Å². The van der Waals surface area contributed by atoms with Gasteiger partial charge < -0.3 is 5.32 Å². The van der Waals surface area contributed by atoms with Crippen LogP contribution in [0, 0.1) is 6.92 Å². The lowest BCUT2D eigenvalue weighted by atomic mass is 10.0. The highest BCUT2D eigenvalue weighted by atomic mass is 16.2. The van der Waals surface area contributed by atoms with E-state index >= 15 is 0 Å². The Kier molecular flexibility index (Phi) is 6.25. The third-order valence-electron chi connectivity index (χ3n) is 6.33. The van der Waals surface area contributed by atoms with Gasteiger partial charge in [-0.05, 0) is 48.2 Å². The molecule has 1 amide bonds. The molecule has 0 saturated heterocycles. The van der Waals surface area contributed by atoms with Crippen LogP contribution in [0.15, 0.2) is 95.8 Å². The summed E-state index contributed by atoms with van der Waals surface area (Å²) in [6, 6.07) is 28.9. The van der Waals surface area contributed by atoms with Crippen LogP contribution in [0.4, 0.5) is 5.69 Å². The monoisotopic (exact) mass is 476 g/mol. The van der Waals surface area contributed by atoms with Crippen molar-refractivity contribution >= 4 is 22.6 Å². The molecule has 180 valence electrons. The van der Waals surface area contributed by atoms with Crippen molar-refractivity contribution in [2.45, 2.75) is 33.2 Å². The van der Waals surface area contributed by atoms with E-state index in [1.807, 2.05) is 91.9 Å². The number of anilines is 1. The molecule has 5 rings (SSSR count). The van der Waals surface area contributed by atoms with Crippen molar-refractivity contribution in [2.24, 2.45) is 0 Å². The SMILES string of the molecule is Cc1cc(=O)n(CC(=O)Nc2ccc(C(C)C)cc2)c2c1c(-c1ccccc1)nn2-c1ccccc1. The number of amides is 1. The molecule has 0 unspecified atom stereocenters. The van der Waals surface area contributed by atoms with Gasteiger partial charge >= 0.3 is 0 Å². The number of rotatable bonds is 6. The van der Waals surface area contributed by atoms with Crippen molar-refractivity contribution in [3.63, 3.8) is 0 Å². The van der Waals surface area contributed by atoms with Gasteiger partial charge in [0.25, 0.3) is 5.56 Å². The van der Waals surface area contributed by atoms with E-state index in [0.717, 1.165) is 27.9 Å². The van der Waals surface area contributed by atoms with Gasteiger partial charge in [0.15, 0.2) is 0 Å². The van der Waals surface area contributed by atoms with Crippen LogP contribution in [0.25, 0.3) is 28.0 Å². The topological polar surface area (TPSA) is 68.9 Å². The van der Waals surface area contributed by atoms with Crippen LogP contribution in [-0.4, -0.2) is 20.3 Å². The van der Waals surface area contributed by atoms with Crippen molar-refractivity contribution in [1.82, 2.24) is 14.3 Å². The number of nitrogens with zero attached hydrogens (tertiary/aromatic N) is 3. The maximum atomic E-state index is 13.2. The van der Waals surface area contributed by atoms with Crippen molar-refractivity contribution in [3.05, 3.63) is 112 Å². The Morgan fingerprint density at radius 1 is 0.917 bits per heavy atom. The second kappa shape index (κ2) is 9.66. The molecule has 0 radical (unpaired) electrons. The molecule has 5 aromatic rings. The number of aromatic nitrogens is 3. The van der Waals surface area contributed by atoms with Crippen LogP contribution in [0.1, 0.15) is 30.9 Å². The van der Waals surface area contributed by atoms with Gasteiger partial charge in [0, 0.05) is 22.7 Å². The minimum Gasteiger partial charge on any atom is -0.325 e. The lowest BCUT2D eigenvalue weighted by Crippen LogP contribution is -2.29. The summed E-state index contributed by atoms with van der Waals surface area (Å²) in [6.45, 7) is 6.03. The normalized spacial score (nSPS) is 11.2. The van der Waals surface area contributed by atoms with Gasteiger partial charge in [0.05, 0.1) is 5.69 Å². The Morgan fingerprint density at radius 2 is 1.56 bits per heavy atom. The van der Waals surface area contributed by atoms with Gasteiger partial charge in [0.2, 0.25) is 5.91 Å². The highest BCUT2D eigenvalue weighted by Crippen LogP contribution is 2.31. The zero-order valence-electron chi connectivity index (χ0n) is 20.6. The summed E-state index contributed by atoms with van der Waals surface area (Å²) in [5, 5.41) is 8.71. The van der Waals surface area contributed by atoms with Crippen molar-refractivity contribution < 1.29 is 4.79 Å². The fraction of sp³-hybridized carbons (Fsp3) is 0.167. The molecular weight excluding hydrogens is 448 g/mol. The third kappa shape index (κ3) is 4.45. The minimum absolute atomic E-state index is 0.131. The quantitative estimate of drug-likeness (QED) is 0.331. The second-order valence-corrected chi connectivity index (χ2v) is 9.24. The number of fused-ring (bicyclic) bond motifs is 1. The first kappa shape index (κ1) is 23.3. The molecule has 0 aliphatic rings. The first-order chi connectivity index (χ1) is 17.4. The van der Waals surface area contributed by atoms with Crippen LogP contribution in [-0.2, 0) is 11.3 Å². The van der Waals surface area contributed by atoms with E-state index in [0.29, 0.717) is 17.3 Å². The lowest BCUT2D eigenvalue weighted by Gasteiger charge is -2.13. The predicted molar refractivity (Wildman–Crippen MR) is 145 cm³/mol. The lowest BCUT2D eigenvalue weighted by molar-refractivity contribution is -0.116. The Morgan fingerprint density at radius 3 is 2.19 bits per heavy atom. The number of aryl methyl sites for hydroxylation is 1. The number of carbonyl (C=O) groups excluding carboxylic acids is 1. The van der Waals surface area contributed by atoms with E-state index in [9.17, 15) is 9.59 Å². The molecule has 36 heavy (non-hydrogen) atoms. The van der Waals surface area contributed by atoms with Gasteiger partial charge in [-0.15, -0.1) is 0 Å². The van der Waals surface area contributed by atoms with Crippen molar-refractivity contribution in [1.29, 1.82) is 0 Å². The molecule has 1 N–H and O–H groups in total. The van der Waals surface area contributed by atoms with Crippen LogP contribution >= 0.6 is 0 Å². The third-order valence-corrected chi connectivity index (χ3v) is 6.33. The first-order valence-corrected chi connectivity index (χ1v) is 12.1. The number of nitrogens with one attached hydrogen (secondary N) is 1. The van der Waals surface area contributed by atoms with E-state index in [2.05, 4.69) is 19.2 Å². The minimum atomic E-state index is -0.276. The fourth-order valence-corrected chi connectivity index (χ4v) is 4.46. The molecule has 0 saturated carbocycles. The maximum absolute atomic E-state index is 13.2. The number of hydrogen-bond acceptors (Lipinski definition) is 3. The summed E-state index contributed by atoms with van der Waals surface area (Å²) in [5.74, 6) is 0.132. The van der Waals surface area contributed by atoms with E-state index in [1.165, 1.54) is 10.1 Å². The van der Waals surface area contributed by atoms with Crippen molar-refractivity contribution in [3.8, 4) is 16.9 Å². The van der Waals surface area contributed by atoms with Gasteiger partial charge in [-0.3, -0.25) is 14.2 Å². The Hall–Kier alpha value is -4.45. The molecule has 6 nitrogen and oxygen atoms in total. The molecule has 0 aliphatic carbocycles. The Bertz CT molecular complexity index is 1580. The highest BCUT2D eigenvalue weighted by Gasteiger charge is 2.21. The molecule has 3 aromatic carbocycles. The number of pyridine rings is 1. The number of hydrogen-bond donors (Lipinski definition) is 1. The zero-order valence-corrected chi connectivity index (χ0v) is 20.6. The number of benzene rings is 3. The predicted octanol–water partition coefficient (Wildman–Crippen LogP) is 5.92. The molecule has 0 fully saturated rings.